The number of benzene rings is 1. The van der Waals surface area contributed by atoms with Crippen molar-refractivity contribution in [2.75, 3.05) is 0 Å². The lowest BCUT2D eigenvalue weighted by Gasteiger charge is -2.06. The molecule has 88 valence electrons. The van der Waals surface area contributed by atoms with Gasteiger partial charge in [-0.25, -0.2) is 9.59 Å². The SMILES string of the molecule is Cc1ccc(-n2c(C(=O)O)c[nH]c2=O)cc1Cl. The molecule has 1 aromatic heterocycles. The van der Waals surface area contributed by atoms with Gasteiger partial charge in [0.15, 0.2) is 5.69 Å². The molecule has 2 rings (SSSR count). The predicted octanol–water partition coefficient (Wildman–Crippen LogP) is 1.83. The summed E-state index contributed by atoms with van der Waals surface area (Å²) in [5, 5.41) is 9.43. The van der Waals surface area contributed by atoms with Crippen molar-refractivity contribution in [2.24, 2.45) is 0 Å². The lowest BCUT2D eigenvalue weighted by molar-refractivity contribution is 0.0688. The monoisotopic (exact) mass is 252 g/mol. The van der Waals surface area contributed by atoms with Crippen LogP contribution in [0.5, 0.6) is 0 Å². The molecule has 0 aliphatic rings. The van der Waals surface area contributed by atoms with E-state index in [4.69, 9.17) is 16.7 Å². The first-order chi connectivity index (χ1) is 8.00. The van der Waals surface area contributed by atoms with Gasteiger partial charge in [-0.05, 0) is 24.6 Å². The van der Waals surface area contributed by atoms with Gasteiger partial charge in [-0.15, -0.1) is 0 Å². The highest BCUT2D eigenvalue weighted by Gasteiger charge is 2.14. The number of imidazole rings is 1. The minimum atomic E-state index is -1.18. The Morgan fingerprint density at radius 1 is 1.47 bits per heavy atom. The van der Waals surface area contributed by atoms with E-state index in [2.05, 4.69) is 4.98 Å². The second-order valence-electron chi connectivity index (χ2n) is 3.55. The molecular formula is C11H9ClN2O3. The van der Waals surface area contributed by atoms with Gasteiger partial charge >= 0.3 is 11.7 Å². The van der Waals surface area contributed by atoms with Crippen molar-refractivity contribution in [1.29, 1.82) is 0 Å². The van der Waals surface area contributed by atoms with E-state index in [9.17, 15) is 9.59 Å². The summed E-state index contributed by atoms with van der Waals surface area (Å²) in [6.45, 7) is 1.82. The highest BCUT2D eigenvalue weighted by molar-refractivity contribution is 6.31. The Bertz CT molecular complexity index is 642. The van der Waals surface area contributed by atoms with Crippen LogP contribution in [0.15, 0.2) is 29.2 Å². The van der Waals surface area contributed by atoms with Crippen LogP contribution in [0.25, 0.3) is 5.69 Å². The molecule has 17 heavy (non-hydrogen) atoms. The smallest absolute Gasteiger partial charge is 0.354 e. The lowest BCUT2D eigenvalue weighted by atomic mass is 10.2. The molecule has 0 spiro atoms. The van der Waals surface area contributed by atoms with Gasteiger partial charge in [-0.3, -0.25) is 4.57 Å². The van der Waals surface area contributed by atoms with E-state index >= 15 is 0 Å². The Balaban J connectivity index is 2.68. The first kappa shape index (κ1) is 11.5. The van der Waals surface area contributed by atoms with Gasteiger partial charge in [-0.1, -0.05) is 17.7 Å². The van der Waals surface area contributed by atoms with Crippen LogP contribution in [0, 0.1) is 6.92 Å². The van der Waals surface area contributed by atoms with Crippen molar-refractivity contribution in [3.8, 4) is 5.69 Å². The molecule has 0 aliphatic carbocycles. The summed E-state index contributed by atoms with van der Waals surface area (Å²) in [5.41, 5.74) is 0.636. The number of hydrogen-bond acceptors (Lipinski definition) is 2. The van der Waals surface area contributed by atoms with E-state index < -0.39 is 11.7 Å². The van der Waals surface area contributed by atoms with Crippen LogP contribution in [0.3, 0.4) is 0 Å². The van der Waals surface area contributed by atoms with Gasteiger partial charge in [0.25, 0.3) is 0 Å². The van der Waals surface area contributed by atoms with Crippen LogP contribution in [0.2, 0.25) is 5.02 Å². The molecule has 0 aliphatic heterocycles. The molecule has 6 heteroatoms. The van der Waals surface area contributed by atoms with Crippen LogP contribution in [0.1, 0.15) is 16.1 Å². The summed E-state index contributed by atoms with van der Waals surface area (Å²) in [6.07, 6.45) is 1.15. The maximum Gasteiger partial charge on any atom is 0.354 e. The fraction of sp³-hybridized carbons (Fsp3) is 0.0909. The molecule has 2 N–H and O–H groups in total. The van der Waals surface area contributed by atoms with E-state index in [-0.39, 0.29) is 5.69 Å². The number of aromatic carboxylic acids is 1. The molecule has 0 saturated heterocycles. The standard InChI is InChI=1S/C11H9ClN2O3/c1-6-2-3-7(4-8(6)12)14-9(10(15)16)5-13-11(14)17/h2-5H,1H3,(H,13,17)(H,15,16). The van der Waals surface area contributed by atoms with Crippen LogP contribution in [0.4, 0.5) is 0 Å². The highest BCUT2D eigenvalue weighted by atomic mass is 35.5. The zero-order valence-corrected chi connectivity index (χ0v) is 9.65. The predicted molar refractivity (Wildman–Crippen MR) is 63.1 cm³/mol. The maximum atomic E-state index is 11.5. The number of carboxylic acids is 1. The average molecular weight is 253 g/mol. The number of H-pyrrole nitrogens is 1. The third-order valence-corrected chi connectivity index (χ3v) is 2.82. The highest BCUT2D eigenvalue weighted by Crippen LogP contribution is 2.19. The summed E-state index contributed by atoms with van der Waals surface area (Å²) < 4.78 is 1.06. The zero-order valence-electron chi connectivity index (χ0n) is 8.90. The van der Waals surface area contributed by atoms with Crippen LogP contribution in [-0.4, -0.2) is 20.6 Å². The molecule has 0 fully saturated rings. The summed E-state index contributed by atoms with van der Waals surface area (Å²) >= 11 is 5.94. The van der Waals surface area contributed by atoms with Gasteiger partial charge in [0.1, 0.15) is 0 Å². The second-order valence-corrected chi connectivity index (χ2v) is 3.96. The van der Waals surface area contributed by atoms with Crippen LogP contribution >= 0.6 is 11.6 Å². The van der Waals surface area contributed by atoms with Crippen molar-refractivity contribution < 1.29 is 9.90 Å². The molecule has 2 aromatic rings. The molecule has 1 heterocycles. The lowest BCUT2D eigenvalue weighted by Crippen LogP contribution is -2.19. The third-order valence-electron chi connectivity index (χ3n) is 2.41. The Labute approximate surface area is 101 Å². The minimum absolute atomic E-state index is 0.130. The number of nitrogens with zero attached hydrogens (tertiary/aromatic N) is 1. The minimum Gasteiger partial charge on any atom is -0.477 e. The maximum absolute atomic E-state index is 11.5. The van der Waals surface area contributed by atoms with Gasteiger partial charge in [0.2, 0.25) is 0 Å². The van der Waals surface area contributed by atoms with Crippen molar-refractivity contribution in [3.05, 3.63) is 51.2 Å². The number of aryl methyl sites for hydroxylation is 1. The number of aromatic nitrogens is 2. The number of hydrogen-bond donors (Lipinski definition) is 2. The van der Waals surface area contributed by atoms with E-state index in [0.717, 1.165) is 16.3 Å². The number of nitrogens with one attached hydrogen (secondary N) is 1. The Hall–Kier alpha value is -2.01. The first-order valence-electron chi connectivity index (χ1n) is 4.81. The number of halogens is 1. The number of carbonyl (C=O) groups is 1. The van der Waals surface area contributed by atoms with E-state index in [1.54, 1.807) is 18.2 Å². The summed E-state index contributed by atoms with van der Waals surface area (Å²) in [7, 11) is 0. The molecule has 0 saturated carbocycles. The number of aromatic amines is 1. The van der Waals surface area contributed by atoms with Gasteiger partial charge in [0.05, 0.1) is 5.69 Å². The normalized spacial score (nSPS) is 10.5. The molecule has 0 bridgehead atoms. The van der Waals surface area contributed by atoms with Crippen LogP contribution in [-0.2, 0) is 0 Å². The van der Waals surface area contributed by atoms with Crippen molar-refractivity contribution in [3.63, 3.8) is 0 Å². The Morgan fingerprint density at radius 3 is 2.76 bits per heavy atom. The van der Waals surface area contributed by atoms with Gasteiger partial charge in [-0.2, -0.15) is 0 Å². The fourth-order valence-electron chi connectivity index (χ4n) is 1.50. The fourth-order valence-corrected chi connectivity index (χ4v) is 1.68. The molecule has 0 amide bonds. The molecule has 0 atom stereocenters. The first-order valence-corrected chi connectivity index (χ1v) is 5.19. The number of carboxylic acid groups (broad SMARTS) is 1. The topological polar surface area (TPSA) is 75.1 Å². The molecule has 1 aromatic carbocycles. The molecular weight excluding hydrogens is 244 g/mol. The Morgan fingerprint density at radius 2 is 2.18 bits per heavy atom. The quantitative estimate of drug-likeness (QED) is 0.856. The third kappa shape index (κ3) is 1.97. The van der Waals surface area contributed by atoms with Crippen LogP contribution < -0.4 is 5.69 Å². The Kier molecular flexibility index (Phi) is 2.77. The zero-order chi connectivity index (χ0) is 12.6. The van der Waals surface area contributed by atoms with Gasteiger partial charge < -0.3 is 10.1 Å². The molecule has 0 radical (unpaired) electrons. The van der Waals surface area contributed by atoms with Crippen molar-refractivity contribution in [1.82, 2.24) is 9.55 Å². The summed E-state index contributed by atoms with van der Waals surface area (Å²) in [6, 6.07) is 4.92. The van der Waals surface area contributed by atoms with E-state index in [0.29, 0.717) is 10.7 Å². The summed E-state index contributed by atoms with van der Waals surface area (Å²) in [5.74, 6) is -1.18. The number of rotatable bonds is 2. The van der Waals surface area contributed by atoms with E-state index in [1.807, 2.05) is 6.92 Å². The second kappa shape index (κ2) is 4.10. The summed E-state index contributed by atoms with van der Waals surface area (Å²) in [4.78, 5) is 24.8. The van der Waals surface area contributed by atoms with Crippen molar-refractivity contribution in [2.45, 2.75) is 6.92 Å². The van der Waals surface area contributed by atoms with Crippen molar-refractivity contribution >= 4 is 17.6 Å². The molecule has 0 unspecified atom stereocenters. The largest absolute Gasteiger partial charge is 0.477 e. The average Bonchev–Trinajstić information content (AvgIpc) is 2.64. The van der Waals surface area contributed by atoms with E-state index in [1.165, 1.54) is 0 Å². The molecule has 5 nitrogen and oxygen atoms in total. The van der Waals surface area contributed by atoms with Gasteiger partial charge in [0, 0.05) is 11.2 Å².